The van der Waals surface area contributed by atoms with E-state index in [0.29, 0.717) is 11.6 Å². The van der Waals surface area contributed by atoms with Gasteiger partial charge in [-0.05, 0) is 94.6 Å². The summed E-state index contributed by atoms with van der Waals surface area (Å²) in [6.07, 6.45) is 9.75. The van der Waals surface area contributed by atoms with Gasteiger partial charge in [-0.25, -0.2) is 14.5 Å². The highest BCUT2D eigenvalue weighted by Gasteiger charge is 2.31. The van der Waals surface area contributed by atoms with Crippen LogP contribution in [0.15, 0.2) is 36.4 Å². The molecule has 2 aliphatic heterocycles. The number of anilines is 1. The molecule has 0 atom stereocenters. The molecule has 1 N–H and O–H groups in total. The van der Waals surface area contributed by atoms with Gasteiger partial charge in [-0.1, -0.05) is 31.5 Å². The van der Waals surface area contributed by atoms with Gasteiger partial charge >= 0.3 is 5.97 Å². The highest BCUT2D eigenvalue weighted by Crippen LogP contribution is 2.43. The van der Waals surface area contributed by atoms with Crippen molar-refractivity contribution >= 4 is 22.7 Å². The third kappa shape index (κ3) is 4.98. The first-order valence-electron chi connectivity index (χ1n) is 14.3. The van der Waals surface area contributed by atoms with Gasteiger partial charge in [0.2, 0.25) is 0 Å². The Bertz CT molecular complexity index is 1240. The molecule has 4 heterocycles. The minimum absolute atomic E-state index is 0.0983. The number of carboxylic acid groups (broad SMARTS) is 1. The molecule has 37 heavy (non-hydrogen) atoms. The van der Waals surface area contributed by atoms with Gasteiger partial charge in [-0.3, -0.25) is 0 Å². The molecule has 196 valence electrons. The lowest BCUT2D eigenvalue weighted by atomic mass is 9.81. The van der Waals surface area contributed by atoms with Gasteiger partial charge < -0.3 is 14.9 Å². The fourth-order valence-electron chi connectivity index (χ4n) is 6.31. The number of para-hydroxylation sites is 1. The quantitative estimate of drug-likeness (QED) is 0.446. The number of hydrogen-bond donors (Lipinski definition) is 1. The average Bonchev–Trinajstić information content (AvgIpc) is 3.27. The molecule has 0 bridgehead atoms. The van der Waals surface area contributed by atoms with E-state index in [4.69, 9.17) is 5.10 Å². The van der Waals surface area contributed by atoms with Crippen molar-refractivity contribution in [3.8, 4) is 5.69 Å². The van der Waals surface area contributed by atoms with E-state index >= 15 is 0 Å². The number of piperidine rings is 2. The van der Waals surface area contributed by atoms with Gasteiger partial charge in [-0.2, -0.15) is 5.10 Å². The Labute approximate surface area is 219 Å². The SMILES string of the molecule is CC1CCN(CCC2CCN(c3cc(C(=O)O)nc4c3c(C3CCC3)nn4-c3ccccc3)CC2)CC1. The molecule has 1 aromatic carbocycles. The second kappa shape index (κ2) is 10.4. The summed E-state index contributed by atoms with van der Waals surface area (Å²) in [7, 11) is 0. The summed E-state index contributed by atoms with van der Waals surface area (Å²) in [5.41, 5.74) is 3.79. The molecule has 2 aromatic heterocycles. The third-order valence-corrected chi connectivity index (χ3v) is 9.04. The minimum atomic E-state index is -0.986. The fraction of sp³-hybridized carbons (Fsp3) is 0.567. The van der Waals surface area contributed by atoms with Crippen LogP contribution < -0.4 is 4.90 Å². The average molecular weight is 502 g/mol. The first-order valence-corrected chi connectivity index (χ1v) is 14.3. The van der Waals surface area contributed by atoms with Gasteiger partial charge in [0.1, 0.15) is 0 Å². The molecule has 6 rings (SSSR count). The van der Waals surface area contributed by atoms with E-state index in [-0.39, 0.29) is 5.69 Å². The Morgan fingerprint density at radius 1 is 1.00 bits per heavy atom. The zero-order valence-corrected chi connectivity index (χ0v) is 22.0. The van der Waals surface area contributed by atoms with Gasteiger partial charge in [-0.15, -0.1) is 0 Å². The summed E-state index contributed by atoms with van der Waals surface area (Å²) in [6, 6.07) is 11.8. The minimum Gasteiger partial charge on any atom is -0.477 e. The zero-order chi connectivity index (χ0) is 25.4. The number of aromatic carboxylic acids is 1. The number of carbonyl (C=O) groups is 1. The summed E-state index contributed by atoms with van der Waals surface area (Å²) in [5, 5.41) is 16.1. The lowest BCUT2D eigenvalue weighted by Crippen LogP contribution is -2.37. The van der Waals surface area contributed by atoms with E-state index in [9.17, 15) is 9.90 Å². The highest BCUT2D eigenvalue weighted by atomic mass is 16.4. The van der Waals surface area contributed by atoms with Crippen molar-refractivity contribution < 1.29 is 9.90 Å². The van der Waals surface area contributed by atoms with E-state index in [0.717, 1.165) is 73.1 Å². The number of carboxylic acids is 1. The van der Waals surface area contributed by atoms with Crippen LogP contribution in [0.4, 0.5) is 5.69 Å². The number of rotatable bonds is 7. The van der Waals surface area contributed by atoms with Crippen molar-refractivity contribution in [2.75, 3.05) is 37.6 Å². The summed E-state index contributed by atoms with van der Waals surface area (Å²) in [4.78, 5) is 21.8. The van der Waals surface area contributed by atoms with E-state index < -0.39 is 5.97 Å². The number of aromatic nitrogens is 3. The van der Waals surface area contributed by atoms with Gasteiger partial charge in [0.15, 0.2) is 11.3 Å². The lowest BCUT2D eigenvalue weighted by Gasteiger charge is -2.36. The maximum atomic E-state index is 12.1. The number of hydrogen-bond acceptors (Lipinski definition) is 5. The molecular weight excluding hydrogens is 462 g/mol. The van der Waals surface area contributed by atoms with Crippen molar-refractivity contribution in [2.24, 2.45) is 11.8 Å². The first kappa shape index (κ1) is 24.4. The van der Waals surface area contributed by atoms with Gasteiger partial charge in [0, 0.05) is 19.0 Å². The van der Waals surface area contributed by atoms with Gasteiger partial charge in [0.25, 0.3) is 0 Å². The van der Waals surface area contributed by atoms with Crippen LogP contribution in [0.3, 0.4) is 0 Å². The Hall–Kier alpha value is -2.93. The summed E-state index contributed by atoms with van der Waals surface area (Å²) in [5.74, 6) is 1.06. The van der Waals surface area contributed by atoms with E-state index in [1.165, 1.54) is 45.3 Å². The van der Waals surface area contributed by atoms with Crippen molar-refractivity contribution in [2.45, 2.75) is 64.2 Å². The molecular formula is C30H39N5O2. The lowest BCUT2D eigenvalue weighted by molar-refractivity contribution is 0.0691. The molecule has 7 nitrogen and oxygen atoms in total. The summed E-state index contributed by atoms with van der Waals surface area (Å²) in [6.45, 7) is 8.01. The predicted molar refractivity (Wildman–Crippen MR) is 147 cm³/mol. The van der Waals surface area contributed by atoms with Gasteiger partial charge in [0.05, 0.1) is 22.5 Å². The second-order valence-electron chi connectivity index (χ2n) is 11.5. The molecule has 1 aliphatic carbocycles. The summed E-state index contributed by atoms with van der Waals surface area (Å²) < 4.78 is 1.87. The monoisotopic (exact) mass is 501 g/mol. The Kier molecular flexibility index (Phi) is 6.89. The van der Waals surface area contributed by atoms with Crippen LogP contribution in [0.25, 0.3) is 16.7 Å². The number of likely N-dealkylation sites (tertiary alicyclic amines) is 1. The van der Waals surface area contributed by atoms with Crippen LogP contribution in [0.5, 0.6) is 0 Å². The Balaban J connectivity index is 1.28. The van der Waals surface area contributed by atoms with Crippen molar-refractivity contribution in [1.29, 1.82) is 0 Å². The first-order chi connectivity index (χ1) is 18.1. The van der Waals surface area contributed by atoms with Crippen LogP contribution in [0.2, 0.25) is 0 Å². The predicted octanol–water partition coefficient (Wildman–Crippen LogP) is 5.72. The molecule has 1 saturated carbocycles. The van der Waals surface area contributed by atoms with Crippen molar-refractivity contribution in [3.05, 3.63) is 47.8 Å². The Morgan fingerprint density at radius 2 is 1.73 bits per heavy atom. The largest absolute Gasteiger partial charge is 0.477 e. The Morgan fingerprint density at radius 3 is 2.38 bits per heavy atom. The number of benzene rings is 1. The highest BCUT2D eigenvalue weighted by molar-refractivity contribution is 5.98. The number of pyridine rings is 1. The molecule has 3 aliphatic rings. The standard InChI is InChI=1S/C30H39N5O2/c1-21-10-15-33(16-11-21)17-12-22-13-18-34(19-14-22)26-20-25(30(36)37)31-29-27(26)28(23-6-5-7-23)32-35(29)24-8-3-2-4-9-24/h2-4,8-9,20-23H,5-7,10-19H2,1H3,(H,36,37). The van der Waals surface area contributed by atoms with Crippen LogP contribution in [-0.2, 0) is 0 Å². The number of nitrogens with zero attached hydrogens (tertiary/aromatic N) is 5. The van der Waals surface area contributed by atoms with Crippen LogP contribution in [-0.4, -0.2) is 63.5 Å². The topological polar surface area (TPSA) is 74.5 Å². The van der Waals surface area contributed by atoms with E-state index in [1.807, 2.05) is 35.0 Å². The molecule has 0 amide bonds. The number of fused-ring (bicyclic) bond motifs is 1. The molecule has 7 heteroatoms. The van der Waals surface area contributed by atoms with Crippen LogP contribution >= 0.6 is 0 Å². The molecule has 0 unspecified atom stereocenters. The van der Waals surface area contributed by atoms with Crippen LogP contribution in [0, 0.1) is 11.8 Å². The van der Waals surface area contributed by atoms with Crippen molar-refractivity contribution in [1.82, 2.24) is 19.7 Å². The van der Waals surface area contributed by atoms with Crippen LogP contribution in [0.1, 0.15) is 80.4 Å². The fourth-order valence-corrected chi connectivity index (χ4v) is 6.31. The summed E-state index contributed by atoms with van der Waals surface area (Å²) >= 11 is 0. The molecule has 3 aromatic rings. The zero-order valence-electron chi connectivity index (χ0n) is 22.0. The molecule has 0 radical (unpaired) electrons. The normalized spacial score (nSPS) is 20.4. The van der Waals surface area contributed by atoms with Crippen molar-refractivity contribution in [3.63, 3.8) is 0 Å². The second-order valence-corrected chi connectivity index (χ2v) is 11.5. The maximum absolute atomic E-state index is 12.1. The van der Waals surface area contributed by atoms with E-state index in [2.05, 4.69) is 21.7 Å². The smallest absolute Gasteiger partial charge is 0.354 e. The molecule has 3 fully saturated rings. The van der Waals surface area contributed by atoms with E-state index in [1.54, 1.807) is 6.07 Å². The molecule has 0 spiro atoms. The third-order valence-electron chi connectivity index (χ3n) is 9.04. The molecule has 2 saturated heterocycles. The maximum Gasteiger partial charge on any atom is 0.354 e.